The fourth-order valence-corrected chi connectivity index (χ4v) is 3.24. The molecule has 120 valence electrons. The van der Waals surface area contributed by atoms with E-state index in [9.17, 15) is 5.11 Å². The van der Waals surface area contributed by atoms with Crippen LogP contribution < -0.4 is 15.3 Å². The van der Waals surface area contributed by atoms with Gasteiger partial charge in [0.25, 0.3) is 0 Å². The first kappa shape index (κ1) is 15.3. The summed E-state index contributed by atoms with van der Waals surface area (Å²) < 4.78 is 10.5. The van der Waals surface area contributed by atoms with Crippen LogP contribution in [0.4, 0.5) is 0 Å². The molecule has 2 aromatic rings. The molecule has 2 heterocycles. The summed E-state index contributed by atoms with van der Waals surface area (Å²) in [4.78, 5) is 4.51. The van der Waals surface area contributed by atoms with Crippen LogP contribution in [0, 0.1) is 5.41 Å². The molecule has 7 nitrogen and oxygen atoms in total. The van der Waals surface area contributed by atoms with Gasteiger partial charge in [0.15, 0.2) is 11.5 Å². The van der Waals surface area contributed by atoms with E-state index in [1.165, 1.54) is 16.3 Å². The molecular weight excluding hydrogens is 316 g/mol. The Balaban J connectivity index is 1.97. The number of hydrazine groups is 1. The van der Waals surface area contributed by atoms with Gasteiger partial charge < -0.3 is 14.6 Å². The number of aromatic nitrogens is 1. The Bertz CT molecular complexity index is 800. The number of amidine groups is 1. The fraction of sp³-hybridized carbons (Fsp3) is 0.200. The van der Waals surface area contributed by atoms with Gasteiger partial charge in [-0.05, 0) is 18.2 Å². The van der Waals surface area contributed by atoms with Crippen molar-refractivity contribution in [1.29, 1.82) is 5.41 Å². The molecule has 1 aliphatic rings. The number of rotatable bonds is 4. The van der Waals surface area contributed by atoms with Gasteiger partial charge in [-0.1, -0.05) is 0 Å². The largest absolute Gasteiger partial charge is 0.509 e. The van der Waals surface area contributed by atoms with E-state index >= 15 is 0 Å². The van der Waals surface area contributed by atoms with Gasteiger partial charge in [0, 0.05) is 10.9 Å². The third-order valence-electron chi connectivity index (χ3n) is 3.53. The third kappa shape index (κ3) is 2.62. The van der Waals surface area contributed by atoms with Crippen LogP contribution in [0.15, 0.2) is 29.3 Å². The highest BCUT2D eigenvalue weighted by atomic mass is 32.1. The Hall–Kier alpha value is -2.58. The number of benzene rings is 1. The second-order valence-electron chi connectivity index (χ2n) is 4.91. The smallest absolute Gasteiger partial charge is 0.161 e. The van der Waals surface area contributed by atoms with E-state index in [-0.39, 0.29) is 18.1 Å². The van der Waals surface area contributed by atoms with E-state index in [4.69, 9.17) is 20.7 Å². The lowest BCUT2D eigenvalue weighted by Crippen LogP contribution is -2.33. The zero-order chi connectivity index (χ0) is 16.6. The first-order valence-electron chi connectivity index (χ1n) is 6.76. The van der Waals surface area contributed by atoms with E-state index in [1.807, 2.05) is 23.6 Å². The zero-order valence-corrected chi connectivity index (χ0v) is 13.5. The maximum atomic E-state index is 9.96. The second-order valence-corrected chi connectivity index (χ2v) is 5.76. The van der Waals surface area contributed by atoms with Crippen molar-refractivity contribution in [2.75, 3.05) is 20.8 Å². The lowest BCUT2D eigenvalue weighted by Gasteiger charge is -2.09. The topological polar surface area (TPSA) is 105 Å². The molecular formula is C15H16N4O3S. The first-order chi connectivity index (χ1) is 11.0. The molecule has 1 aliphatic heterocycles. The van der Waals surface area contributed by atoms with E-state index in [2.05, 4.69) is 4.98 Å². The van der Waals surface area contributed by atoms with Gasteiger partial charge in [0.1, 0.15) is 16.6 Å². The van der Waals surface area contributed by atoms with Crippen LogP contribution in [0.1, 0.15) is 5.01 Å². The number of hydrogen-bond acceptors (Lipinski definition) is 7. The number of nitrogens with one attached hydrogen (secondary N) is 1. The molecule has 0 aliphatic carbocycles. The van der Waals surface area contributed by atoms with Crippen molar-refractivity contribution in [3.8, 4) is 22.8 Å². The maximum absolute atomic E-state index is 9.96. The van der Waals surface area contributed by atoms with Crippen molar-refractivity contribution in [3.63, 3.8) is 0 Å². The fourth-order valence-electron chi connectivity index (χ4n) is 2.34. The quantitative estimate of drug-likeness (QED) is 0.742. The van der Waals surface area contributed by atoms with Crippen molar-refractivity contribution < 1.29 is 14.6 Å². The number of methoxy groups -OCH3 is 2. The molecule has 0 bridgehead atoms. The van der Waals surface area contributed by atoms with Crippen molar-refractivity contribution >= 4 is 22.7 Å². The lowest BCUT2D eigenvalue weighted by atomic mass is 10.1. The molecule has 1 aromatic carbocycles. The van der Waals surface area contributed by atoms with Gasteiger partial charge in [-0.3, -0.25) is 10.4 Å². The van der Waals surface area contributed by atoms with Gasteiger partial charge in [0.2, 0.25) is 0 Å². The maximum Gasteiger partial charge on any atom is 0.161 e. The number of aliphatic hydroxyl groups is 1. The van der Waals surface area contributed by atoms with Crippen LogP contribution in [0.2, 0.25) is 0 Å². The summed E-state index contributed by atoms with van der Waals surface area (Å²) >= 11 is 1.35. The highest BCUT2D eigenvalue weighted by Crippen LogP contribution is 2.35. The summed E-state index contributed by atoms with van der Waals surface area (Å²) in [6, 6.07) is 5.52. The van der Waals surface area contributed by atoms with E-state index in [0.717, 1.165) is 11.3 Å². The monoisotopic (exact) mass is 332 g/mol. The first-order valence-corrected chi connectivity index (χ1v) is 7.64. The minimum Gasteiger partial charge on any atom is -0.509 e. The highest BCUT2D eigenvalue weighted by molar-refractivity contribution is 7.11. The minimum absolute atomic E-state index is 0.0608. The summed E-state index contributed by atoms with van der Waals surface area (Å²) in [6.45, 7) is 0.124. The van der Waals surface area contributed by atoms with Crippen LogP contribution in [-0.2, 0) is 0 Å². The number of aliphatic hydroxyl groups excluding tert-OH is 1. The van der Waals surface area contributed by atoms with Gasteiger partial charge in [-0.15, -0.1) is 11.3 Å². The molecule has 0 fully saturated rings. The van der Waals surface area contributed by atoms with Crippen LogP contribution in [0.3, 0.4) is 0 Å². The Labute approximate surface area is 137 Å². The molecule has 0 amide bonds. The highest BCUT2D eigenvalue weighted by Gasteiger charge is 2.28. The van der Waals surface area contributed by atoms with Crippen LogP contribution in [0.5, 0.6) is 11.5 Å². The summed E-state index contributed by atoms with van der Waals surface area (Å²) in [5, 5.41) is 21.5. The normalized spacial score (nSPS) is 14.6. The number of thiazole rings is 1. The van der Waals surface area contributed by atoms with Crippen molar-refractivity contribution in [3.05, 3.63) is 34.3 Å². The molecule has 0 saturated heterocycles. The van der Waals surface area contributed by atoms with Gasteiger partial charge in [-0.2, -0.15) is 0 Å². The summed E-state index contributed by atoms with van der Waals surface area (Å²) in [5.41, 5.74) is 1.97. The van der Waals surface area contributed by atoms with Crippen molar-refractivity contribution in [2.24, 2.45) is 5.84 Å². The Morgan fingerprint density at radius 3 is 2.65 bits per heavy atom. The molecule has 0 atom stereocenters. The lowest BCUT2D eigenvalue weighted by molar-refractivity contribution is 0.355. The summed E-state index contributed by atoms with van der Waals surface area (Å²) in [5.74, 6) is 7.02. The zero-order valence-electron chi connectivity index (χ0n) is 12.7. The average Bonchev–Trinajstić information content (AvgIpc) is 3.12. The molecule has 0 saturated carbocycles. The molecule has 0 spiro atoms. The summed E-state index contributed by atoms with van der Waals surface area (Å²) in [6.07, 6.45) is 0. The molecule has 3 rings (SSSR count). The Kier molecular flexibility index (Phi) is 3.93. The number of hydrogen-bond donors (Lipinski definition) is 3. The van der Waals surface area contributed by atoms with Crippen LogP contribution in [-0.4, -0.2) is 41.7 Å². The predicted molar refractivity (Wildman–Crippen MR) is 88.8 cm³/mol. The van der Waals surface area contributed by atoms with E-state index in [1.54, 1.807) is 14.2 Å². The van der Waals surface area contributed by atoms with Gasteiger partial charge in [-0.25, -0.2) is 10.8 Å². The minimum atomic E-state index is 0.0608. The Morgan fingerprint density at radius 2 is 2.04 bits per heavy atom. The second kappa shape index (κ2) is 5.90. The van der Waals surface area contributed by atoms with Crippen molar-refractivity contribution in [2.45, 2.75) is 0 Å². The van der Waals surface area contributed by atoms with Gasteiger partial charge in [0.05, 0.1) is 32.0 Å². The van der Waals surface area contributed by atoms with Crippen molar-refractivity contribution in [1.82, 2.24) is 9.99 Å². The van der Waals surface area contributed by atoms with E-state index in [0.29, 0.717) is 22.1 Å². The molecule has 0 unspecified atom stereocenters. The number of ether oxygens (including phenoxy) is 2. The SMILES string of the molecule is COc1ccc(-c2csc(C3=C(O)CN(N)C3=N)n2)cc1OC. The molecule has 8 heteroatoms. The standard InChI is InChI=1S/C15H16N4O3S/c1-21-11-4-3-8(5-12(11)22-2)9-7-23-15(18-9)13-10(20)6-19(17)14(13)16/h3-5,7,16,20H,6,17H2,1-2H3. The van der Waals surface area contributed by atoms with Gasteiger partial charge >= 0.3 is 0 Å². The molecule has 4 N–H and O–H groups in total. The van der Waals surface area contributed by atoms with Crippen LogP contribution >= 0.6 is 11.3 Å². The Morgan fingerprint density at radius 1 is 1.30 bits per heavy atom. The summed E-state index contributed by atoms with van der Waals surface area (Å²) in [7, 11) is 3.16. The van der Waals surface area contributed by atoms with E-state index < -0.39 is 0 Å². The molecule has 1 aromatic heterocycles. The molecule has 23 heavy (non-hydrogen) atoms. The number of nitrogens with zero attached hydrogens (tertiary/aromatic N) is 2. The third-order valence-corrected chi connectivity index (χ3v) is 4.39. The molecule has 0 radical (unpaired) electrons. The van der Waals surface area contributed by atoms with Crippen LogP contribution in [0.25, 0.3) is 16.8 Å². The average molecular weight is 332 g/mol. The number of nitrogens with two attached hydrogens (primary N) is 1. The predicted octanol–water partition coefficient (Wildman–Crippen LogP) is 2.26.